The number of hydrogen-bond donors (Lipinski definition) is 2. The summed E-state index contributed by atoms with van der Waals surface area (Å²) in [7, 11) is -7.70. The van der Waals surface area contributed by atoms with Gasteiger partial charge in [-0.3, -0.25) is 0 Å². The molecule has 8 nitrogen and oxygen atoms in total. The van der Waals surface area contributed by atoms with Gasteiger partial charge in [0.1, 0.15) is 0 Å². The molecule has 0 fully saturated rings. The van der Waals surface area contributed by atoms with E-state index in [9.17, 15) is 16.8 Å². The number of rotatable bonds is 14. The number of aromatic nitrogens is 2. The molecule has 0 spiro atoms. The van der Waals surface area contributed by atoms with Gasteiger partial charge in [0.25, 0.3) is 0 Å². The van der Waals surface area contributed by atoms with Crippen LogP contribution in [0.25, 0.3) is 21.8 Å². The lowest BCUT2D eigenvalue weighted by Crippen LogP contribution is -2.34. The van der Waals surface area contributed by atoms with E-state index in [1.165, 1.54) is 8.61 Å². The van der Waals surface area contributed by atoms with Gasteiger partial charge in [-0.1, -0.05) is 79.4 Å². The van der Waals surface area contributed by atoms with Crippen molar-refractivity contribution < 1.29 is 16.8 Å². The molecule has 0 saturated carbocycles. The lowest BCUT2D eigenvalue weighted by Gasteiger charge is -2.22. The maximum absolute atomic E-state index is 13.9. The summed E-state index contributed by atoms with van der Waals surface area (Å²) in [6.07, 6.45) is 8.32. The minimum Gasteiger partial charge on any atom is -0.361 e. The predicted octanol–water partition coefficient (Wildman–Crippen LogP) is 8.51. The standard InChI is InChI=1S/C38H38Br2N4O4S2/c1-27-5-11-33(12-6-27)49(45,46)43(21-17-29-25-41-37-15-9-31(39)23-35(29)37)19-3-4-20-44(50(47,48)34-13-7-28(2)8-14-34)22-18-30-26-42-38-16-10-32(40)24-36(30)38/h3-16,23-26,41-42H,17-22H2,1-2H3. The molecule has 0 aliphatic rings. The third-order valence-electron chi connectivity index (χ3n) is 8.82. The van der Waals surface area contributed by atoms with E-state index in [0.717, 1.165) is 53.0 Å². The van der Waals surface area contributed by atoms with Crippen LogP contribution >= 0.6 is 31.9 Å². The van der Waals surface area contributed by atoms with Gasteiger partial charge in [0, 0.05) is 69.3 Å². The molecule has 0 saturated heterocycles. The predicted molar refractivity (Wildman–Crippen MR) is 208 cm³/mol. The van der Waals surface area contributed by atoms with E-state index in [-0.39, 0.29) is 36.0 Å². The number of fused-ring (bicyclic) bond motifs is 2. The highest BCUT2D eigenvalue weighted by Crippen LogP contribution is 2.26. The molecule has 0 aliphatic carbocycles. The third-order valence-corrected chi connectivity index (χ3v) is 13.6. The summed E-state index contributed by atoms with van der Waals surface area (Å²) in [5, 5.41) is 2.06. The first-order valence-corrected chi connectivity index (χ1v) is 20.7. The van der Waals surface area contributed by atoms with Crippen LogP contribution in [0.5, 0.6) is 0 Å². The van der Waals surface area contributed by atoms with Gasteiger partial charge in [0.05, 0.1) is 9.79 Å². The normalized spacial score (nSPS) is 12.7. The topological polar surface area (TPSA) is 106 Å². The Labute approximate surface area is 310 Å². The van der Waals surface area contributed by atoms with Gasteiger partial charge in [-0.05, 0) is 98.5 Å². The summed E-state index contributed by atoms with van der Waals surface area (Å²) >= 11 is 7.08. The van der Waals surface area contributed by atoms with Crippen LogP contribution < -0.4 is 0 Å². The van der Waals surface area contributed by atoms with Crippen molar-refractivity contribution in [3.05, 3.63) is 141 Å². The van der Waals surface area contributed by atoms with Crippen LogP contribution in [0.4, 0.5) is 0 Å². The molecule has 2 N–H and O–H groups in total. The zero-order chi connectivity index (χ0) is 35.5. The van der Waals surface area contributed by atoms with E-state index in [2.05, 4.69) is 41.8 Å². The summed E-state index contributed by atoms with van der Waals surface area (Å²) in [6.45, 7) is 4.47. The van der Waals surface area contributed by atoms with Gasteiger partial charge in [0.15, 0.2) is 0 Å². The summed E-state index contributed by atoms with van der Waals surface area (Å²) < 4.78 is 60.6. The molecule has 2 aromatic heterocycles. The molecule has 4 aromatic carbocycles. The van der Waals surface area contributed by atoms with Gasteiger partial charge >= 0.3 is 0 Å². The van der Waals surface area contributed by atoms with Crippen LogP contribution in [0.3, 0.4) is 0 Å². The quantitative estimate of drug-likeness (QED) is 0.107. The lowest BCUT2D eigenvalue weighted by molar-refractivity contribution is 0.437. The van der Waals surface area contributed by atoms with Crippen LogP contribution in [-0.4, -0.2) is 61.6 Å². The van der Waals surface area contributed by atoms with Crippen molar-refractivity contribution in [2.75, 3.05) is 26.2 Å². The fourth-order valence-electron chi connectivity index (χ4n) is 5.93. The Kier molecular flexibility index (Phi) is 11.2. The number of aromatic amines is 2. The van der Waals surface area contributed by atoms with Gasteiger partial charge in [-0.15, -0.1) is 0 Å². The first-order valence-electron chi connectivity index (χ1n) is 16.2. The average molecular weight is 839 g/mol. The van der Waals surface area contributed by atoms with Crippen LogP contribution in [0.15, 0.2) is 128 Å². The highest BCUT2D eigenvalue weighted by molar-refractivity contribution is 9.10. The van der Waals surface area contributed by atoms with Crippen molar-refractivity contribution in [3.63, 3.8) is 0 Å². The van der Waals surface area contributed by atoms with Crippen molar-refractivity contribution in [1.29, 1.82) is 0 Å². The van der Waals surface area contributed by atoms with Crippen LogP contribution in [0.1, 0.15) is 22.3 Å². The number of aryl methyl sites for hydroxylation is 2. The Balaban J connectivity index is 1.24. The molecule has 50 heavy (non-hydrogen) atoms. The fraction of sp³-hybridized carbons (Fsp3) is 0.211. The fourth-order valence-corrected chi connectivity index (χ4v) is 9.43. The number of sulfonamides is 2. The van der Waals surface area contributed by atoms with E-state index in [1.807, 2.05) is 62.6 Å². The SMILES string of the molecule is Cc1ccc(S(=O)(=O)N(CC=CCN(CCc2c[nH]c3ccc(Br)cc23)S(=O)(=O)c2ccc(C)cc2)CCc2c[nH]c3ccc(Br)cc23)cc1. The van der Waals surface area contributed by atoms with Crippen LogP contribution in [0.2, 0.25) is 0 Å². The Morgan fingerprint density at radius 2 is 0.960 bits per heavy atom. The van der Waals surface area contributed by atoms with Gasteiger partial charge in [0.2, 0.25) is 20.0 Å². The Hall–Kier alpha value is -3.52. The van der Waals surface area contributed by atoms with Crippen LogP contribution in [0, 0.1) is 13.8 Å². The molecule has 260 valence electrons. The number of hydrogen-bond acceptors (Lipinski definition) is 4. The highest BCUT2D eigenvalue weighted by Gasteiger charge is 2.26. The number of halogens is 2. The monoisotopic (exact) mass is 836 g/mol. The van der Waals surface area contributed by atoms with Crippen molar-refractivity contribution in [2.45, 2.75) is 36.5 Å². The maximum atomic E-state index is 13.9. The summed E-state index contributed by atoms with van der Waals surface area (Å²) in [5.74, 6) is 0. The van der Waals surface area contributed by atoms with E-state index in [0.29, 0.717) is 12.8 Å². The minimum absolute atomic E-state index is 0.0805. The largest absolute Gasteiger partial charge is 0.361 e. The Bertz CT molecular complexity index is 2200. The molecule has 6 rings (SSSR count). The minimum atomic E-state index is -3.85. The second-order valence-electron chi connectivity index (χ2n) is 12.3. The second kappa shape index (κ2) is 15.4. The first kappa shape index (κ1) is 36.3. The van der Waals surface area contributed by atoms with Crippen molar-refractivity contribution in [1.82, 2.24) is 18.6 Å². The number of nitrogens with zero attached hydrogens (tertiary/aromatic N) is 2. The summed E-state index contributed by atoms with van der Waals surface area (Å²) in [4.78, 5) is 6.98. The van der Waals surface area contributed by atoms with Crippen molar-refractivity contribution in [2.24, 2.45) is 0 Å². The number of benzene rings is 4. The Morgan fingerprint density at radius 1 is 0.580 bits per heavy atom. The van der Waals surface area contributed by atoms with E-state index in [1.54, 1.807) is 60.7 Å². The summed E-state index contributed by atoms with van der Waals surface area (Å²) in [6, 6.07) is 25.6. The second-order valence-corrected chi connectivity index (χ2v) is 18.0. The number of nitrogens with one attached hydrogen (secondary N) is 2. The van der Waals surface area contributed by atoms with Gasteiger partial charge < -0.3 is 9.97 Å². The van der Waals surface area contributed by atoms with Crippen LogP contribution in [-0.2, 0) is 32.9 Å². The van der Waals surface area contributed by atoms with E-state index in [4.69, 9.17) is 0 Å². The lowest BCUT2D eigenvalue weighted by atomic mass is 10.1. The molecule has 0 bridgehead atoms. The highest BCUT2D eigenvalue weighted by atomic mass is 79.9. The maximum Gasteiger partial charge on any atom is 0.243 e. The molecule has 6 aromatic rings. The smallest absolute Gasteiger partial charge is 0.243 e. The molecule has 12 heteroatoms. The zero-order valence-corrected chi connectivity index (χ0v) is 32.5. The van der Waals surface area contributed by atoms with E-state index < -0.39 is 20.0 Å². The summed E-state index contributed by atoms with van der Waals surface area (Å²) in [5.41, 5.74) is 5.91. The molecule has 0 radical (unpaired) electrons. The van der Waals surface area contributed by atoms with Crippen molar-refractivity contribution in [3.8, 4) is 0 Å². The average Bonchev–Trinajstić information content (AvgIpc) is 3.68. The zero-order valence-electron chi connectivity index (χ0n) is 27.7. The molecular formula is C38H38Br2N4O4S2. The van der Waals surface area contributed by atoms with Gasteiger partial charge in [-0.2, -0.15) is 8.61 Å². The third kappa shape index (κ3) is 8.17. The van der Waals surface area contributed by atoms with Gasteiger partial charge in [-0.25, -0.2) is 16.8 Å². The number of H-pyrrole nitrogens is 2. The molecule has 0 unspecified atom stereocenters. The first-order chi connectivity index (χ1) is 23.9. The van der Waals surface area contributed by atoms with E-state index >= 15 is 0 Å². The van der Waals surface area contributed by atoms with Crippen molar-refractivity contribution >= 4 is 73.7 Å². The molecular weight excluding hydrogens is 800 g/mol. The molecule has 2 heterocycles. The molecule has 0 amide bonds. The Morgan fingerprint density at radius 3 is 1.34 bits per heavy atom. The molecule has 0 atom stereocenters. The molecule has 0 aliphatic heterocycles.